The summed E-state index contributed by atoms with van der Waals surface area (Å²) in [7, 11) is 0. The lowest BCUT2D eigenvalue weighted by Crippen LogP contribution is -2.44. The van der Waals surface area contributed by atoms with Gasteiger partial charge >= 0.3 is 12.0 Å². The Hall–Kier alpha value is -3.16. The number of hydrogen-bond donors (Lipinski definition) is 2. The van der Waals surface area contributed by atoms with E-state index in [1.54, 1.807) is 13.8 Å². The minimum Gasteiger partial charge on any atom is -0.453 e. The molecule has 3 amide bonds. The topological polar surface area (TPSA) is 109 Å². The highest BCUT2D eigenvalue weighted by atomic mass is 16.5. The van der Waals surface area contributed by atoms with Crippen LogP contribution in [0.5, 0.6) is 0 Å². The molecule has 0 spiro atoms. The van der Waals surface area contributed by atoms with Gasteiger partial charge in [0.15, 0.2) is 6.10 Å². The highest BCUT2D eigenvalue weighted by Gasteiger charge is 2.48. The maximum absolute atomic E-state index is 12.9. The first kappa shape index (κ1) is 22.5. The molecule has 2 aromatic rings. The van der Waals surface area contributed by atoms with Crippen molar-refractivity contribution in [2.45, 2.75) is 59.1 Å². The van der Waals surface area contributed by atoms with Gasteiger partial charge in [0.2, 0.25) is 5.78 Å². The number of aryl methyl sites for hydroxylation is 1. The third-order valence-electron chi connectivity index (χ3n) is 5.67. The summed E-state index contributed by atoms with van der Waals surface area (Å²) in [5.41, 5.74) is 0.933. The lowest BCUT2D eigenvalue weighted by atomic mass is 9.92. The minimum absolute atomic E-state index is 0.345. The Labute approximate surface area is 181 Å². The van der Waals surface area contributed by atoms with E-state index < -0.39 is 36.1 Å². The van der Waals surface area contributed by atoms with Gasteiger partial charge in [-0.25, -0.2) is 4.79 Å². The number of hydrogen-bond acceptors (Lipinski definition) is 5. The van der Waals surface area contributed by atoms with Crippen molar-refractivity contribution >= 4 is 34.6 Å². The molecule has 1 aromatic carbocycles. The van der Waals surface area contributed by atoms with Crippen LogP contribution in [0.1, 0.15) is 56.6 Å². The van der Waals surface area contributed by atoms with Crippen LogP contribution in [0.15, 0.2) is 24.3 Å². The number of benzene rings is 1. The first-order valence-corrected chi connectivity index (χ1v) is 10.5. The Morgan fingerprint density at radius 3 is 2.52 bits per heavy atom. The van der Waals surface area contributed by atoms with Gasteiger partial charge in [0.1, 0.15) is 12.1 Å². The number of carbonyl (C=O) groups is 4. The van der Waals surface area contributed by atoms with Crippen molar-refractivity contribution in [3.8, 4) is 0 Å². The number of imide groups is 1. The number of rotatable bonds is 8. The molecule has 1 aliphatic heterocycles. The molecular formula is C23H29N3O5. The van der Waals surface area contributed by atoms with Gasteiger partial charge in [-0.1, -0.05) is 32.0 Å². The van der Waals surface area contributed by atoms with Crippen LogP contribution in [0, 0.1) is 12.8 Å². The average molecular weight is 428 g/mol. The maximum atomic E-state index is 12.9. The molecule has 31 heavy (non-hydrogen) atoms. The molecular weight excluding hydrogens is 398 g/mol. The number of fused-ring (bicyclic) bond motifs is 1. The zero-order chi connectivity index (χ0) is 22.9. The molecule has 1 saturated heterocycles. The largest absolute Gasteiger partial charge is 0.453 e. The fourth-order valence-electron chi connectivity index (χ4n) is 3.85. The summed E-state index contributed by atoms with van der Waals surface area (Å²) in [6.45, 7) is 8.47. The third kappa shape index (κ3) is 4.47. The highest BCUT2D eigenvalue weighted by molar-refractivity contribution is 6.12. The van der Waals surface area contributed by atoms with Gasteiger partial charge in [0.05, 0.1) is 0 Å². The molecule has 166 valence electrons. The van der Waals surface area contributed by atoms with Crippen molar-refractivity contribution in [3.05, 3.63) is 35.5 Å². The Balaban J connectivity index is 1.66. The van der Waals surface area contributed by atoms with Gasteiger partial charge in [-0.15, -0.1) is 0 Å². The zero-order valence-electron chi connectivity index (χ0n) is 18.6. The number of carbonyl (C=O) groups excluding carboxylic acids is 4. The lowest BCUT2D eigenvalue weighted by Gasteiger charge is -2.22. The second kappa shape index (κ2) is 8.53. The number of esters is 1. The molecule has 2 N–H and O–H groups in total. The van der Waals surface area contributed by atoms with Crippen molar-refractivity contribution < 1.29 is 23.9 Å². The van der Waals surface area contributed by atoms with Gasteiger partial charge in [-0.3, -0.25) is 19.3 Å². The number of H-pyrrole nitrogens is 1. The van der Waals surface area contributed by atoms with Gasteiger partial charge in [0.25, 0.3) is 5.91 Å². The van der Waals surface area contributed by atoms with E-state index in [0.717, 1.165) is 22.2 Å². The molecule has 0 aliphatic carbocycles. The molecule has 2 heterocycles. The number of amides is 3. The molecule has 1 aliphatic rings. The Kier molecular flexibility index (Phi) is 6.20. The molecule has 2 atom stereocenters. The number of aromatic nitrogens is 1. The number of urea groups is 1. The molecule has 0 saturated carbocycles. The standard InChI is InChI=1S/C23H29N3O5/c1-13(2)10-11-23(5)21(29)26(22(30)25-23)12-18(27)31-15(4)20(28)19-14(3)24-17-9-7-6-8-16(17)19/h6-9,13,15,24H,10-12H2,1-5H3,(H,25,30)/t15-,23-/m1/s1. The van der Waals surface area contributed by atoms with E-state index in [1.807, 2.05) is 38.1 Å². The Bertz CT molecular complexity index is 1040. The first-order valence-electron chi connectivity index (χ1n) is 10.5. The monoisotopic (exact) mass is 427 g/mol. The number of para-hydroxylation sites is 1. The second-order valence-electron chi connectivity index (χ2n) is 8.75. The molecule has 0 unspecified atom stereocenters. The smallest absolute Gasteiger partial charge is 0.326 e. The molecule has 1 aromatic heterocycles. The van der Waals surface area contributed by atoms with Crippen LogP contribution in [-0.2, 0) is 14.3 Å². The molecule has 8 heteroatoms. The van der Waals surface area contributed by atoms with Crippen LogP contribution >= 0.6 is 0 Å². The molecule has 0 radical (unpaired) electrons. The van der Waals surface area contributed by atoms with Crippen molar-refractivity contribution in [1.29, 1.82) is 0 Å². The second-order valence-corrected chi connectivity index (χ2v) is 8.75. The van der Waals surface area contributed by atoms with E-state index in [-0.39, 0.29) is 5.78 Å². The Morgan fingerprint density at radius 1 is 1.16 bits per heavy atom. The van der Waals surface area contributed by atoms with Crippen molar-refractivity contribution in [2.75, 3.05) is 6.54 Å². The first-order chi connectivity index (χ1) is 14.5. The quantitative estimate of drug-likeness (QED) is 0.382. The van der Waals surface area contributed by atoms with Gasteiger partial charge in [0, 0.05) is 22.2 Å². The SMILES string of the molecule is Cc1[nH]c2ccccc2c1C(=O)[C@@H](C)OC(=O)CN1C(=O)N[C@](C)(CCC(C)C)C1=O. The van der Waals surface area contributed by atoms with Crippen molar-refractivity contribution in [1.82, 2.24) is 15.2 Å². The van der Waals surface area contributed by atoms with E-state index in [4.69, 9.17) is 4.74 Å². The van der Waals surface area contributed by atoms with E-state index in [9.17, 15) is 19.2 Å². The third-order valence-corrected chi connectivity index (χ3v) is 5.67. The molecule has 3 rings (SSSR count). The summed E-state index contributed by atoms with van der Waals surface area (Å²) in [6, 6.07) is 6.76. The predicted molar refractivity (Wildman–Crippen MR) is 116 cm³/mol. The number of aromatic amines is 1. The summed E-state index contributed by atoms with van der Waals surface area (Å²) in [6.07, 6.45) is 0.185. The summed E-state index contributed by atoms with van der Waals surface area (Å²) in [4.78, 5) is 54.4. The average Bonchev–Trinajstić information content (AvgIpc) is 3.14. The minimum atomic E-state index is -1.06. The van der Waals surface area contributed by atoms with Crippen LogP contribution in [0.2, 0.25) is 0 Å². The molecule has 0 bridgehead atoms. The van der Waals surface area contributed by atoms with E-state index in [0.29, 0.717) is 23.6 Å². The summed E-state index contributed by atoms with van der Waals surface area (Å²) >= 11 is 0. The van der Waals surface area contributed by atoms with E-state index in [1.165, 1.54) is 6.92 Å². The van der Waals surface area contributed by atoms with Crippen molar-refractivity contribution in [2.24, 2.45) is 5.92 Å². The summed E-state index contributed by atoms with van der Waals surface area (Å²) in [5, 5.41) is 3.43. The van der Waals surface area contributed by atoms with Crippen LogP contribution in [-0.4, -0.2) is 51.8 Å². The van der Waals surface area contributed by atoms with E-state index >= 15 is 0 Å². The van der Waals surface area contributed by atoms with Gasteiger partial charge in [-0.2, -0.15) is 0 Å². The summed E-state index contributed by atoms with van der Waals surface area (Å²) in [5.74, 6) is -1.24. The fourth-order valence-corrected chi connectivity index (χ4v) is 3.85. The summed E-state index contributed by atoms with van der Waals surface area (Å²) < 4.78 is 5.29. The molecule has 8 nitrogen and oxygen atoms in total. The van der Waals surface area contributed by atoms with Gasteiger partial charge in [-0.05, 0) is 45.6 Å². The maximum Gasteiger partial charge on any atom is 0.326 e. The lowest BCUT2D eigenvalue weighted by molar-refractivity contribution is -0.149. The normalized spacial score (nSPS) is 19.7. The van der Waals surface area contributed by atoms with Crippen LogP contribution in [0.4, 0.5) is 4.79 Å². The molecule has 1 fully saturated rings. The van der Waals surface area contributed by atoms with Crippen LogP contribution in [0.3, 0.4) is 0 Å². The van der Waals surface area contributed by atoms with Gasteiger partial charge < -0.3 is 15.0 Å². The number of ketones is 1. The number of ether oxygens (including phenoxy) is 1. The van der Waals surface area contributed by atoms with Crippen molar-refractivity contribution in [3.63, 3.8) is 0 Å². The number of nitrogens with one attached hydrogen (secondary N) is 2. The number of nitrogens with zero attached hydrogens (tertiary/aromatic N) is 1. The van der Waals surface area contributed by atoms with E-state index in [2.05, 4.69) is 10.3 Å². The van der Waals surface area contributed by atoms with Crippen LogP contribution in [0.25, 0.3) is 10.9 Å². The Morgan fingerprint density at radius 2 is 1.84 bits per heavy atom. The predicted octanol–water partition coefficient (Wildman–Crippen LogP) is 3.34. The van der Waals surface area contributed by atoms with Crippen LogP contribution < -0.4 is 5.32 Å². The fraction of sp³-hybridized carbons (Fsp3) is 0.478. The highest BCUT2D eigenvalue weighted by Crippen LogP contribution is 2.26. The number of Topliss-reactive ketones (excluding diaryl/α,β-unsaturated/α-hetero) is 1. The zero-order valence-corrected chi connectivity index (χ0v) is 18.6.